The Hall–Kier alpha value is -0.930. The van der Waals surface area contributed by atoms with Gasteiger partial charge in [-0.05, 0) is 23.6 Å². The summed E-state index contributed by atoms with van der Waals surface area (Å²) in [5, 5.41) is 0. The molecule has 0 bridgehead atoms. The Morgan fingerprint density at radius 1 is 1.53 bits per heavy atom. The van der Waals surface area contributed by atoms with Crippen LogP contribution >= 0.6 is 0 Å². The number of hydrogen-bond acceptors (Lipinski definition) is 3. The minimum Gasteiger partial charge on any atom is -0.379 e. The van der Waals surface area contributed by atoms with Crippen LogP contribution in [0.25, 0.3) is 0 Å². The number of hydrogen-bond donors (Lipinski definition) is 1. The van der Waals surface area contributed by atoms with Crippen molar-refractivity contribution in [2.45, 2.75) is 25.2 Å². The largest absolute Gasteiger partial charge is 0.379 e. The van der Waals surface area contributed by atoms with Crippen molar-refractivity contribution in [3.05, 3.63) is 29.6 Å². The molecule has 0 unspecified atom stereocenters. The zero-order valence-corrected chi connectivity index (χ0v) is 9.36. The van der Waals surface area contributed by atoms with Crippen LogP contribution in [0.4, 0.5) is 0 Å². The summed E-state index contributed by atoms with van der Waals surface area (Å²) in [5.41, 5.74) is 8.19. The van der Waals surface area contributed by atoms with Crippen LogP contribution in [0, 0.1) is 0 Å². The van der Waals surface area contributed by atoms with Crippen molar-refractivity contribution in [2.75, 3.05) is 19.8 Å². The van der Waals surface area contributed by atoms with Crippen LogP contribution in [0.5, 0.6) is 0 Å². The monoisotopic (exact) mass is 206 g/mol. The van der Waals surface area contributed by atoms with Gasteiger partial charge >= 0.3 is 0 Å². The lowest BCUT2D eigenvalue weighted by molar-refractivity contribution is -0.0571. The standard InChI is InChI=1S/C12H18N2O/c1-9(2)10-3-4-14-11(5-10)12(6-13)7-15-8-12/h3-5,9H,6-8,13H2,1-2H3. The van der Waals surface area contributed by atoms with Crippen molar-refractivity contribution in [2.24, 2.45) is 5.73 Å². The maximum Gasteiger partial charge on any atom is 0.0714 e. The quantitative estimate of drug-likeness (QED) is 0.814. The van der Waals surface area contributed by atoms with Crippen LogP contribution in [-0.2, 0) is 10.2 Å². The average Bonchev–Trinajstić information content (AvgIpc) is 2.17. The first kappa shape index (κ1) is 10.6. The summed E-state index contributed by atoms with van der Waals surface area (Å²) in [6.45, 7) is 6.40. The van der Waals surface area contributed by atoms with Crippen molar-refractivity contribution in [1.29, 1.82) is 0 Å². The highest BCUT2D eigenvalue weighted by Crippen LogP contribution is 2.31. The van der Waals surface area contributed by atoms with Gasteiger partial charge in [0.15, 0.2) is 0 Å². The lowest BCUT2D eigenvalue weighted by Crippen LogP contribution is -2.52. The van der Waals surface area contributed by atoms with E-state index in [0.717, 1.165) is 5.69 Å². The molecule has 0 saturated carbocycles. The number of ether oxygens (including phenoxy) is 1. The van der Waals surface area contributed by atoms with Gasteiger partial charge in [0, 0.05) is 12.7 Å². The molecule has 2 heterocycles. The molecule has 1 aliphatic heterocycles. The van der Waals surface area contributed by atoms with Gasteiger partial charge in [0.25, 0.3) is 0 Å². The van der Waals surface area contributed by atoms with Gasteiger partial charge in [-0.1, -0.05) is 13.8 Å². The van der Waals surface area contributed by atoms with E-state index in [9.17, 15) is 0 Å². The predicted molar refractivity (Wildman–Crippen MR) is 59.9 cm³/mol. The second kappa shape index (κ2) is 3.91. The summed E-state index contributed by atoms with van der Waals surface area (Å²) in [5.74, 6) is 0.530. The molecule has 3 nitrogen and oxygen atoms in total. The van der Waals surface area contributed by atoms with Crippen LogP contribution < -0.4 is 5.73 Å². The highest BCUT2D eigenvalue weighted by atomic mass is 16.5. The SMILES string of the molecule is CC(C)c1ccnc(C2(CN)COC2)c1. The maximum absolute atomic E-state index is 5.81. The molecular formula is C12H18N2O. The first-order chi connectivity index (χ1) is 7.18. The third kappa shape index (κ3) is 1.77. The molecule has 1 saturated heterocycles. The van der Waals surface area contributed by atoms with Crippen molar-refractivity contribution < 1.29 is 4.74 Å². The van der Waals surface area contributed by atoms with Gasteiger partial charge in [0.1, 0.15) is 0 Å². The van der Waals surface area contributed by atoms with Gasteiger partial charge in [-0.25, -0.2) is 0 Å². The van der Waals surface area contributed by atoms with Crippen LogP contribution in [0.1, 0.15) is 31.0 Å². The second-order valence-electron chi connectivity index (χ2n) is 4.61. The van der Waals surface area contributed by atoms with E-state index in [1.54, 1.807) is 0 Å². The number of nitrogens with two attached hydrogens (primary N) is 1. The van der Waals surface area contributed by atoms with E-state index >= 15 is 0 Å². The molecule has 2 N–H and O–H groups in total. The third-order valence-electron chi connectivity index (χ3n) is 3.14. The van der Waals surface area contributed by atoms with Gasteiger partial charge in [-0.3, -0.25) is 4.98 Å². The van der Waals surface area contributed by atoms with Gasteiger partial charge in [0.2, 0.25) is 0 Å². The molecular weight excluding hydrogens is 188 g/mol. The Kier molecular flexibility index (Phi) is 2.76. The topological polar surface area (TPSA) is 48.1 Å². The van der Waals surface area contributed by atoms with Crippen molar-refractivity contribution in [3.63, 3.8) is 0 Å². The lowest BCUT2D eigenvalue weighted by Gasteiger charge is -2.40. The molecule has 1 aliphatic rings. The zero-order chi connectivity index (χ0) is 10.9. The molecule has 82 valence electrons. The highest BCUT2D eigenvalue weighted by molar-refractivity contribution is 5.27. The molecule has 2 rings (SSSR count). The molecule has 0 atom stereocenters. The van der Waals surface area contributed by atoms with Gasteiger partial charge in [-0.15, -0.1) is 0 Å². The first-order valence-electron chi connectivity index (χ1n) is 5.42. The Morgan fingerprint density at radius 2 is 2.27 bits per heavy atom. The Bertz CT molecular complexity index is 340. The van der Waals surface area contributed by atoms with Crippen molar-refractivity contribution >= 4 is 0 Å². The lowest BCUT2D eigenvalue weighted by atomic mass is 9.81. The smallest absolute Gasteiger partial charge is 0.0714 e. The number of nitrogens with zero attached hydrogens (tertiary/aromatic N) is 1. The van der Waals surface area contributed by atoms with Gasteiger partial charge in [0.05, 0.1) is 24.3 Å². The first-order valence-corrected chi connectivity index (χ1v) is 5.42. The molecule has 0 radical (unpaired) electrons. The fourth-order valence-electron chi connectivity index (χ4n) is 1.81. The Labute approximate surface area is 90.7 Å². The zero-order valence-electron chi connectivity index (χ0n) is 9.36. The Balaban J connectivity index is 2.31. The van der Waals surface area contributed by atoms with Crippen LogP contribution in [0.3, 0.4) is 0 Å². The summed E-state index contributed by atoms with van der Waals surface area (Å²) in [6, 6.07) is 4.23. The van der Waals surface area contributed by atoms with E-state index in [4.69, 9.17) is 10.5 Å². The van der Waals surface area contributed by atoms with Crippen molar-refractivity contribution in [3.8, 4) is 0 Å². The number of rotatable bonds is 3. The summed E-state index contributed by atoms with van der Waals surface area (Å²) >= 11 is 0. The van der Waals surface area contributed by atoms with Crippen LogP contribution in [0.2, 0.25) is 0 Å². The molecule has 0 aliphatic carbocycles. The van der Waals surface area contributed by atoms with E-state index < -0.39 is 0 Å². The number of pyridine rings is 1. The highest BCUT2D eigenvalue weighted by Gasteiger charge is 2.40. The summed E-state index contributed by atoms with van der Waals surface area (Å²) in [7, 11) is 0. The minimum absolute atomic E-state index is 0.0229. The molecule has 0 spiro atoms. The van der Waals surface area contributed by atoms with Crippen LogP contribution in [-0.4, -0.2) is 24.7 Å². The van der Waals surface area contributed by atoms with Crippen LogP contribution in [0.15, 0.2) is 18.3 Å². The van der Waals surface area contributed by atoms with E-state index in [0.29, 0.717) is 25.7 Å². The molecule has 1 fully saturated rings. The molecule has 1 aromatic heterocycles. The molecule has 0 amide bonds. The summed E-state index contributed by atoms with van der Waals surface area (Å²) in [4.78, 5) is 4.43. The van der Waals surface area contributed by atoms with E-state index in [1.165, 1.54) is 5.56 Å². The van der Waals surface area contributed by atoms with Gasteiger partial charge < -0.3 is 10.5 Å². The molecule has 0 aromatic carbocycles. The maximum atomic E-state index is 5.81. The predicted octanol–water partition coefficient (Wildman–Crippen LogP) is 1.43. The second-order valence-corrected chi connectivity index (χ2v) is 4.61. The van der Waals surface area contributed by atoms with Crippen molar-refractivity contribution in [1.82, 2.24) is 4.98 Å². The molecule has 3 heteroatoms. The molecule has 15 heavy (non-hydrogen) atoms. The number of aromatic nitrogens is 1. The fraction of sp³-hybridized carbons (Fsp3) is 0.583. The van der Waals surface area contributed by atoms with Gasteiger partial charge in [-0.2, -0.15) is 0 Å². The minimum atomic E-state index is -0.0229. The van der Waals surface area contributed by atoms with E-state index in [-0.39, 0.29) is 5.41 Å². The van der Waals surface area contributed by atoms with E-state index in [2.05, 4.69) is 31.0 Å². The molecule has 1 aromatic rings. The van der Waals surface area contributed by atoms with E-state index in [1.807, 2.05) is 6.20 Å². The summed E-state index contributed by atoms with van der Waals surface area (Å²) in [6.07, 6.45) is 1.88. The average molecular weight is 206 g/mol. The normalized spacial score (nSPS) is 18.9. The third-order valence-corrected chi connectivity index (χ3v) is 3.14. The summed E-state index contributed by atoms with van der Waals surface area (Å²) < 4.78 is 5.26. The Morgan fingerprint density at radius 3 is 2.73 bits per heavy atom. The fourth-order valence-corrected chi connectivity index (χ4v) is 1.81.